The zero-order valence-corrected chi connectivity index (χ0v) is 12.6. The van der Waals surface area contributed by atoms with Crippen LogP contribution in [0.1, 0.15) is 37.3 Å². The average molecular weight is 283 g/mol. The van der Waals surface area contributed by atoms with E-state index in [0.717, 1.165) is 22.2 Å². The number of fused-ring (bicyclic) bond motifs is 1. The van der Waals surface area contributed by atoms with Gasteiger partial charge in [-0.25, -0.2) is 0 Å². The van der Waals surface area contributed by atoms with Crippen molar-refractivity contribution in [3.63, 3.8) is 0 Å². The molecular formula is C17H21N3O. The minimum atomic E-state index is -0.260. The minimum Gasteiger partial charge on any atom is -0.497 e. The summed E-state index contributed by atoms with van der Waals surface area (Å²) in [5.41, 5.74) is 2.17. The number of nitrogens with zero attached hydrogens (tertiary/aromatic N) is 2. The number of ether oxygens (including phenoxy) is 1. The molecule has 0 bridgehead atoms. The smallest absolute Gasteiger partial charge is 0.123 e. The molecule has 1 aliphatic carbocycles. The first-order valence-corrected chi connectivity index (χ1v) is 7.51. The topological polar surface area (TPSA) is 50.0 Å². The van der Waals surface area contributed by atoms with Crippen LogP contribution in [0.15, 0.2) is 24.4 Å². The normalized spacial score (nSPS) is 17.0. The quantitative estimate of drug-likeness (QED) is 0.936. The second-order valence-electron chi connectivity index (χ2n) is 5.79. The van der Waals surface area contributed by atoms with E-state index in [0.29, 0.717) is 6.04 Å². The van der Waals surface area contributed by atoms with Gasteiger partial charge in [0.2, 0.25) is 0 Å². The summed E-state index contributed by atoms with van der Waals surface area (Å²) in [5.74, 6) is 0.826. The van der Waals surface area contributed by atoms with Crippen molar-refractivity contribution in [2.75, 3.05) is 7.11 Å². The Bertz CT molecular complexity index is 677. The third-order valence-corrected chi connectivity index (χ3v) is 4.43. The van der Waals surface area contributed by atoms with Crippen molar-refractivity contribution in [1.29, 1.82) is 5.26 Å². The highest BCUT2D eigenvalue weighted by Crippen LogP contribution is 2.30. The van der Waals surface area contributed by atoms with E-state index in [4.69, 9.17) is 4.74 Å². The Balaban J connectivity index is 1.98. The minimum absolute atomic E-state index is 0.260. The molecule has 1 N–H and O–H groups in total. The zero-order chi connectivity index (χ0) is 14.8. The Morgan fingerprint density at radius 3 is 2.81 bits per heavy atom. The van der Waals surface area contributed by atoms with Crippen molar-refractivity contribution in [3.8, 4) is 11.8 Å². The molecule has 4 heteroatoms. The predicted molar refractivity (Wildman–Crippen MR) is 83.2 cm³/mol. The molecule has 1 heterocycles. The van der Waals surface area contributed by atoms with E-state index in [9.17, 15) is 5.26 Å². The maximum Gasteiger partial charge on any atom is 0.123 e. The van der Waals surface area contributed by atoms with Crippen LogP contribution in [-0.2, 0) is 7.05 Å². The molecule has 1 aliphatic rings. The average Bonchev–Trinajstić information content (AvgIpc) is 3.13. The predicted octanol–water partition coefficient (Wildman–Crippen LogP) is 3.28. The first-order chi connectivity index (χ1) is 10.2. The van der Waals surface area contributed by atoms with E-state index < -0.39 is 0 Å². The van der Waals surface area contributed by atoms with Gasteiger partial charge in [-0.05, 0) is 31.0 Å². The van der Waals surface area contributed by atoms with Crippen molar-refractivity contribution in [2.45, 2.75) is 37.8 Å². The Labute approximate surface area is 125 Å². The molecule has 1 aromatic heterocycles. The molecule has 1 fully saturated rings. The molecule has 21 heavy (non-hydrogen) atoms. The lowest BCUT2D eigenvalue weighted by Gasteiger charge is -2.16. The zero-order valence-electron chi connectivity index (χ0n) is 12.6. The van der Waals surface area contributed by atoms with Crippen LogP contribution in [-0.4, -0.2) is 17.7 Å². The lowest BCUT2D eigenvalue weighted by atomic mass is 10.1. The summed E-state index contributed by atoms with van der Waals surface area (Å²) in [6.07, 6.45) is 6.93. The van der Waals surface area contributed by atoms with Crippen LogP contribution >= 0.6 is 0 Å². The summed E-state index contributed by atoms with van der Waals surface area (Å²) in [6, 6.07) is 8.65. The highest BCUT2D eigenvalue weighted by atomic mass is 16.5. The number of hydrogen-bond acceptors (Lipinski definition) is 3. The second-order valence-corrected chi connectivity index (χ2v) is 5.79. The Kier molecular flexibility index (Phi) is 3.85. The van der Waals surface area contributed by atoms with Crippen molar-refractivity contribution in [3.05, 3.63) is 30.0 Å². The molecule has 110 valence electrons. The molecule has 1 saturated carbocycles. The van der Waals surface area contributed by atoms with Crippen molar-refractivity contribution < 1.29 is 4.74 Å². The van der Waals surface area contributed by atoms with E-state index >= 15 is 0 Å². The molecular weight excluding hydrogens is 262 g/mol. The van der Waals surface area contributed by atoms with Gasteiger partial charge in [0.05, 0.1) is 13.2 Å². The molecule has 0 aliphatic heterocycles. The Hall–Kier alpha value is -1.99. The largest absolute Gasteiger partial charge is 0.497 e. The fourth-order valence-corrected chi connectivity index (χ4v) is 3.28. The molecule has 4 nitrogen and oxygen atoms in total. The molecule has 3 rings (SSSR count). The summed E-state index contributed by atoms with van der Waals surface area (Å²) in [6.45, 7) is 0. The molecule has 1 atom stereocenters. The van der Waals surface area contributed by atoms with Crippen LogP contribution in [0.2, 0.25) is 0 Å². The van der Waals surface area contributed by atoms with Gasteiger partial charge in [-0.2, -0.15) is 5.26 Å². The first kappa shape index (κ1) is 14.0. The summed E-state index contributed by atoms with van der Waals surface area (Å²) in [5, 5.41) is 14.2. The van der Waals surface area contributed by atoms with Crippen LogP contribution in [0.25, 0.3) is 10.9 Å². The number of hydrogen-bond donors (Lipinski definition) is 1. The lowest BCUT2D eigenvalue weighted by molar-refractivity contribution is 0.415. The molecule has 1 unspecified atom stereocenters. The van der Waals surface area contributed by atoms with Gasteiger partial charge in [0.15, 0.2) is 0 Å². The highest BCUT2D eigenvalue weighted by molar-refractivity contribution is 5.86. The van der Waals surface area contributed by atoms with Crippen LogP contribution in [0, 0.1) is 11.3 Å². The molecule has 0 spiro atoms. The number of methoxy groups -OCH3 is 1. The number of rotatable bonds is 4. The summed E-state index contributed by atoms with van der Waals surface area (Å²) >= 11 is 0. The number of nitriles is 1. The molecule has 0 radical (unpaired) electrons. The lowest BCUT2D eigenvalue weighted by Crippen LogP contribution is -2.29. The van der Waals surface area contributed by atoms with E-state index in [2.05, 4.69) is 22.1 Å². The SMILES string of the molecule is COc1ccc2c(c1)c(C(C#N)NC1CCCC1)cn2C. The maximum atomic E-state index is 9.58. The number of benzene rings is 1. The molecule has 2 aromatic rings. The van der Waals surface area contributed by atoms with E-state index in [1.54, 1.807) is 7.11 Å². The summed E-state index contributed by atoms with van der Waals surface area (Å²) in [4.78, 5) is 0. The van der Waals surface area contributed by atoms with Crippen LogP contribution in [0.3, 0.4) is 0 Å². The third-order valence-electron chi connectivity index (χ3n) is 4.43. The van der Waals surface area contributed by atoms with Crippen molar-refractivity contribution in [2.24, 2.45) is 7.05 Å². The van der Waals surface area contributed by atoms with Gasteiger partial charge in [0, 0.05) is 35.8 Å². The second kappa shape index (κ2) is 5.79. The van der Waals surface area contributed by atoms with E-state index in [-0.39, 0.29) is 6.04 Å². The van der Waals surface area contributed by atoms with Crippen LogP contribution in [0.4, 0.5) is 0 Å². The molecule has 0 saturated heterocycles. The maximum absolute atomic E-state index is 9.58. The first-order valence-electron chi connectivity index (χ1n) is 7.51. The number of nitrogens with one attached hydrogen (secondary N) is 1. The number of aryl methyl sites for hydroxylation is 1. The standard InChI is InChI=1S/C17H21N3O/c1-20-11-15(14-9-13(21-2)7-8-17(14)20)16(10-18)19-12-5-3-4-6-12/h7-9,11-12,16,19H,3-6H2,1-2H3. The van der Waals surface area contributed by atoms with Crippen molar-refractivity contribution in [1.82, 2.24) is 9.88 Å². The highest BCUT2D eigenvalue weighted by Gasteiger charge is 2.22. The van der Waals surface area contributed by atoms with Gasteiger partial charge in [0.25, 0.3) is 0 Å². The third kappa shape index (κ3) is 2.62. The Morgan fingerprint density at radius 1 is 1.38 bits per heavy atom. The number of aromatic nitrogens is 1. The van der Waals surface area contributed by atoms with Crippen LogP contribution < -0.4 is 10.1 Å². The van der Waals surface area contributed by atoms with Gasteiger partial charge in [0.1, 0.15) is 11.8 Å². The fourth-order valence-electron chi connectivity index (χ4n) is 3.28. The fraction of sp³-hybridized carbons (Fsp3) is 0.471. The summed E-state index contributed by atoms with van der Waals surface area (Å²) in [7, 11) is 3.69. The van der Waals surface area contributed by atoms with Gasteiger partial charge in [-0.15, -0.1) is 0 Å². The molecule has 1 aromatic carbocycles. The Morgan fingerprint density at radius 2 is 2.14 bits per heavy atom. The molecule has 0 amide bonds. The van der Waals surface area contributed by atoms with Crippen molar-refractivity contribution >= 4 is 10.9 Å². The van der Waals surface area contributed by atoms with Gasteiger partial charge in [-0.3, -0.25) is 5.32 Å². The van der Waals surface area contributed by atoms with Gasteiger partial charge in [-0.1, -0.05) is 12.8 Å². The van der Waals surface area contributed by atoms with Gasteiger partial charge < -0.3 is 9.30 Å². The van der Waals surface area contributed by atoms with E-state index in [1.807, 2.05) is 25.2 Å². The summed E-state index contributed by atoms with van der Waals surface area (Å²) < 4.78 is 7.39. The monoisotopic (exact) mass is 283 g/mol. The van der Waals surface area contributed by atoms with Crippen LogP contribution in [0.5, 0.6) is 5.75 Å². The van der Waals surface area contributed by atoms with E-state index in [1.165, 1.54) is 25.7 Å². The van der Waals surface area contributed by atoms with Gasteiger partial charge >= 0.3 is 0 Å².